The van der Waals surface area contributed by atoms with E-state index in [2.05, 4.69) is 20.5 Å². The number of halogens is 1. The van der Waals surface area contributed by atoms with Gasteiger partial charge in [-0.05, 0) is 43.3 Å². The summed E-state index contributed by atoms with van der Waals surface area (Å²) in [6.07, 6.45) is 0. The first-order valence-corrected chi connectivity index (χ1v) is 13.2. The van der Waals surface area contributed by atoms with Gasteiger partial charge in [-0.2, -0.15) is 0 Å². The van der Waals surface area contributed by atoms with Crippen molar-refractivity contribution in [3.05, 3.63) is 65.6 Å². The number of nitrogens with one attached hydrogen (secondary N) is 1. The number of methoxy groups -OCH3 is 2. The molecular formula is C25H26FN5O4S2. The topological polar surface area (TPSA) is 100 Å². The van der Waals surface area contributed by atoms with Crippen LogP contribution in [0.3, 0.4) is 0 Å². The van der Waals surface area contributed by atoms with E-state index in [1.807, 2.05) is 41.1 Å². The number of thioether (sulfide) groups is 1. The highest BCUT2D eigenvalue weighted by Crippen LogP contribution is 2.28. The number of nitrogens with zero attached hydrogens (tertiary/aromatic N) is 4. The molecular weight excluding hydrogens is 517 g/mol. The van der Waals surface area contributed by atoms with Gasteiger partial charge in [0.1, 0.15) is 12.4 Å². The van der Waals surface area contributed by atoms with Gasteiger partial charge < -0.3 is 19.5 Å². The lowest BCUT2D eigenvalue weighted by atomic mass is 10.2. The lowest BCUT2D eigenvalue weighted by molar-refractivity contribution is -0.113. The minimum absolute atomic E-state index is 0.0159. The molecule has 0 saturated heterocycles. The number of hydrogen-bond donors (Lipinski definition) is 1. The number of ether oxygens (including phenoxy) is 3. The van der Waals surface area contributed by atoms with E-state index in [1.54, 1.807) is 32.4 Å². The average Bonchev–Trinajstić information content (AvgIpc) is 3.54. The minimum Gasteiger partial charge on any atom is -0.497 e. The number of amides is 1. The number of carbonyl (C=O) groups excluding carboxylic acids is 1. The predicted octanol–water partition coefficient (Wildman–Crippen LogP) is 5.07. The van der Waals surface area contributed by atoms with E-state index in [1.165, 1.54) is 29.2 Å². The average molecular weight is 544 g/mol. The number of anilines is 1. The fourth-order valence-corrected chi connectivity index (χ4v) is 5.07. The molecule has 0 fully saturated rings. The van der Waals surface area contributed by atoms with E-state index in [9.17, 15) is 9.18 Å². The summed E-state index contributed by atoms with van der Waals surface area (Å²) in [5.41, 5.74) is 1.69. The molecule has 0 aliphatic carbocycles. The molecule has 0 saturated carbocycles. The van der Waals surface area contributed by atoms with Crippen LogP contribution in [0.15, 0.2) is 59.1 Å². The fraction of sp³-hybridized carbons (Fsp3) is 0.280. The van der Waals surface area contributed by atoms with Gasteiger partial charge in [0.2, 0.25) is 5.91 Å². The zero-order valence-corrected chi connectivity index (χ0v) is 22.1. The number of para-hydroxylation sites is 1. The first-order valence-electron chi connectivity index (χ1n) is 11.3. The van der Waals surface area contributed by atoms with Crippen molar-refractivity contribution in [3.8, 4) is 22.8 Å². The van der Waals surface area contributed by atoms with Crippen LogP contribution in [0.1, 0.15) is 18.8 Å². The van der Waals surface area contributed by atoms with Crippen LogP contribution in [0.25, 0.3) is 11.3 Å². The largest absolute Gasteiger partial charge is 0.497 e. The van der Waals surface area contributed by atoms with Crippen LogP contribution in [0.2, 0.25) is 0 Å². The Hall–Kier alpha value is -3.48. The quantitative estimate of drug-likeness (QED) is 0.247. The first-order chi connectivity index (χ1) is 18.0. The second-order valence-corrected chi connectivity index (χ2v) is 9.70. The molecule has 2 aromatic heterocycles. The maximum Gasteiger partial charge on any atom is 0.236 e. The van der Waals surface area contributed by atoms with Crippen molar-refractivity contribution in [1.82, 2.24) is 19.7 Å². The van der Waals surface area contributed by atoms with Gasteiger partial charge in [0.15, 0.2) is 27.7 Å². The second-order valence-electron chi connectivity index (χ2n) is 7.90. The van der Waals surface area contributed by atoms with Crippen LogP contribution in [-0.4, -0.2) is 52.2 Å². The molecule has 0 aliphatic heterocycles. The fourth-order valence-electron chi connectivity index (χ4n) is 3.48. The van der Waals surface area contributed by atoms with E-state index >= 15 is 0 Å². The Kier molecular flexibility index (Phi) is 9.09. The second kappa shape index (κ2) is 12.7. The van der Waals surface area contributed by atoms with Gasteiger partial charge in [-0.1, -0.05) is 23.9 Å². The Morgan fingerprint density at radius 1 is 1.16 bits per heavy atom. The molecule has 1 N–H and O–H groups in total. The molecule has 2 heterocycles. The zero-order valence-electron chi connectivity index (χ0n) is 20.5. The molecule has 1 atom stereocenters. The van der Waals surface area contributed by atoms with Gasteiger partial charge in [0.05, 0.1) is 31.2 Å². The van der Waals surface area contributed by atoms with Crippen molar-refractivity contribution in [2.75, 3.05) is 31.9 Å². The molecule has 0 radical (unpaired) electrons. The summed E-state index contributed by atoms with van der Waals surface area (Å²) in [4.78, 5) is 17.2. The van der Waals surface area contributed by atoms with Crippen LogP contribution in [0.4, 0.5) is 9.52 Å². The number of thiazole rings is 1. The normalized spacial score (nSPS) is 11.8. The number of aromatic nitrogens is 4. The number of benzene rings is 2. The van der Waals surface area contributed by atoms with Gasteiger partial charge >= 0.3 is 0 Å². The molecule has 0 aliphatic rings. The Bertz CT molecular complexity index is 1330. The van der Waals surface area contributed by atoms with Crippen molar-refractivity contribution in [1.29, 1.82) is 0 Å². The van der Waals surface area contributed by atoms with Crippen molar-refractivity contribution in [3.63, 3.8) is 0 Å². The van der Waals surface area contributed by atoms with Crippen LogP contribution < -0.4 is 14.8 Å². The molecule has 0 spiro atoms. The molecule has 4 aromatic rings. The molecule has 194 valence electrons. The van der Waals surface area contributed by atoms with Crippen molar-refractivity contribution in [2.45, 2.75) is 24.7 Å². The van der Waals surface area contributed by atoms with Crippen LogP contribution in [0.5, 0.6) is 11.5 Å². The van der Waals surface area contributed by atoms with Crippen LogP contribution >= 0.6 is 23.1 Å². The minimum atomic E-state index is -0.456. The lowest BCUT2D eigenvalue weighted by Crippen LogP contribution is -2.18. The number of carbonyl (C=O) groups is 1. The number of rotatable bonds is 12. The maximum atomic E-state index is 13.9. The van der Waals surface area contributed by atoms with Crippen LogP contribution in [-0.2, 0) is 16.1 Å². The number of hydrogen-bond acceptors (Lipinski definition) is 9. The Labute approximate surface area is 222 Å². The van der Waals surface area contributed by atoms with Gasteiger partial charge in [0.25, 0.3) is 0 Å². The van der Waals surface area contributed by atoms with Crippen molar-refractivity contribution >= 4 is 34.1 Å². The highest BCUT2D eigenvalue weighted by atomic mass is 32.2. The standard InChI is InChI=1S/C25H26FN5O4S2/c1-16(12-33-2)31-22(13-35-21-7-5-4-6-19(21)26)29-30-25(31)37-15-23(32)28-24-27-20(14-36-24)17-8-10-18(34-3)11-9-17/h4-11,14,16H,12-13,15H2,1-3H3,(H,27,28,32)/t16-/m1/s1. The monoisotopic (exact) mass is 543 g/mol. The SMILES string of the molecule is COC[C@@H](C)n1c(COc2ccccc2F)nnc1SCC(=O)Nc1nc(-c2ccc(OC)cc2)cs1. The summed E-state index contributed by atoms with van der Waals surface area (Å²) in [5.74, 6) is 0.811. The summed E-state index contributed by atoms with van der Waals surface area (Å²) < 4.78 is 31.9. The summed E-state index contributed by atoms with van der Waals surface area (Å²) >= 11 is 2.58. The first kappa shape index (κ1) is 26.6. The van der Waals surface area contributed by atoms with Gasteiger partial charge in [-0.15, -0.1) is 21.5 Å². The Morgan fingerprint density at radius 3 is 2.68 bits per heavy atom. The smallest absolute Gasteiger partial charge is 0.236 e. The summed E-state index contributed by atoms with van der Waals surface area (Å²) in [7, 11) is 3.22. The Balaban J connectivity index is 1.39. The highest BCUT2D eigenvalue weighted by Gasteiger charge is 2.20. The van der Waals surface area contributed by atoms with Crippen molar-refractivity contribution in [2.24, 2.45) is 0 Å². The van der Waals surface area contributed by atoms with Gasteiger partial charge in [-0.25, -0.2) is 9.37 Å². The third kappa shape index (κ3) is 6.85. The molecule has 2 aromatic carbocycles. The molecule has 0 unspecified atom stereocenters. The molecule has 37 heavy (non-hydrogen) atoms. The van der Waals surface area contributed by atoms with Gasteiger partial charge in [-0.3, -0.25) is 9.36 Å². The maximum absolute atomic E-state index is 13.9. The van der Waals surface area contributed by atoms with E-state index in [4.69, 9.17) is 14.2 Å². The van der Waals surface area contributed by atoms with E-state index in [0.717, 1.165) is 17.0 Å². The molecule has 9 nitrogen and oxygen atoms in total. The predicted molar refractivity (Wildman–Crippen MR) is 141 cm³/mol. The highest BCUT2D eigenvalue weighted by molar-refractivity contribution is 7.99. The Morgan fingerprint density at radius 2 is 1.95 bits per heavy atom. The van der Waals surface area contributed by atoms with E-state index in [0.29, 0.717) is 22.7 Å². The summed E-state index contributed by atoms with van der Waals surface area (Å²) in [6.45, 7) is 2.36. The zero-order chi connectivity index (χ0) is 26.2. The lowest BCUT2D eigenvalue weighted by Gasteiger charge is -2.17. The summed E-state index contributed by atoms with van der Waals surface area (Å²) in [5, 5.41) is 14.2. The van der Waals surface area contributed by atoms with Crippen molar-refractivity contribution < 1.29 is 23.4 Å². The van der Waals surface area contributed by atoms with Crippen LogP contribution in [0, 0.1) is 5.82 Å². The van der Waals surface area contributed by atoms with E-state index < -0.39 is 5.82 Å². The molecule has 12 heteroatoms. The van der Waals surface area contributed by atoms with Gasteiger partial charge in [0, 0.05) is 18.1 Å². The molecule has 0 bridgehead atoms. The molecule has 1 amide bonds. The third-order valence-corrected chi connectivity index (χ3v) is 6.95. The summed E-state index contributed by atoms with van der Waals surface area (Å²) in [6, 6.07) is 13.6. The third-order valence-electron chi connectivity index (χ3n) is 5.25. The van der Waals surface area contributed by atoms with E-state index in [-0.39, 0.29) is 30.1 Å². The molecule has 4 rings (SSSR count).